The molecule has 0 aromatic heterocycles. The molecule has 0 spiro atoms. The van der Waals surface area contributed by atoms with Crippen LogP contribution in [0.1, 0.15) is 58.8 Å². The Morgan fingerprint density at radius 3 is 2.25 bits per heavy atom. The Hall–Kier alpha value is -3.42. The van der Waals surface area contributed by atoms with Gasteiger partial charge in [0, 0.05) is 13.0 Å². The van der Waals surface area contributed by atoms with E-state index in [9.17, 15) is 29.1 Å². The Bertz CT molecular complexity index is 811. The molecule has 0 aromatic rings. The maximum atomic E-state index is 13.1. The maximum Gasteiger partial charge on any atom is 0.326 e. The number of carboxylic acids is 2. The predicted molar refractivity (Wildman–Crippen MR) is 131 cm³/mol. The molecule has 36 heavy (non-hydrogen) atoms. The second-order valence-corrected chi connectivity index (χ2v) is 8.86. The minimum atomic E-state index is -1.25. The van der Waals surface area contributed by atoms with Crippen LogP contribution in [-0.4, -0.2) is 83.1 Å². The van der Waals surface area contributed by atoms with Gasteiger partial charge in [-0.15, -0.1) is 0 Å². The van der Waals surface area contributed by atoms with Crippen LogP contribution in [0.2, 0.25) is 0 Å². The highest BCUT2D eigenvalue weighted by Gasteiger charge is 2.33. The van der Waals surface area contributed by atoms with Crippen molar-refractivity contribution in [1.29, 1.82) is 0 Å². The van der Waals surface area contributed by atoms with Crippen molar-refractivity contribution in [1.82, 2.24) is 21.3 Å². The van der Waals surface area contributed by atoms with E-state index in [4.69, 9.17) is 16.6 Å². The van der Waals surface area contributed by atoms with Gasteiger partial charge >= 0.3 is 11.9 Å². The number of carbonyl (C=O) groups is 5. The molecule has 1 aliphatic heterocycles. The molecule has 1 fully saturated rings. The molecule has 0 bridgehead atoms. The van der Waals surface area contributed by atoms with Gasteiger partial charge in [-0.05, 0) is 44.6 Å². The lowest BCUT2D eigenvalue weighted by Crippen LogP contribution is -2.58. The molecule has 0 aliphatic carbocycles. The molecule has 1 rings (SSSR count). The summed E-state index contributed by atoms with van der Waals surface area (Å²) in [6, 6.07) is -3.98. The molecule has 0 aromatic carbocycles. The van der Waals surface area contributed by atoms with Crippen LogP contribution in [0.25, 0.3) is 0 Å². The Morgan fingerprint density at radius 2 is 1.72 bits per heavy atom. The number of hydrogen-bond donors (Lipinski definition) is 8. The lowest BCUT2D eigenvalue weighted by atomic mass is 9.96. The SMILES string of the molecule is CCC(C)C(NC(=O)C(CCC(=O)O)NC(=O)C1CCCN1)C(=O)NC(CCCN=C(N)N)C(=O)O. The second-order valence-electron chi connectivity index (χ2n) is 8.86. The van der Waals surface area contributed by atoms with Gasteiger partial charge in [0.15, 0.2) is 5.96 Å². The van der Waals surface area contributed by atoms with Crippen molar-refractivity contribution in [2.75, 3.05) is 13.1 Å². The molecule has 0 radical (unpaired) electrons. The van der Waals surface area contributed by atoms with E-state index in [1.165, 1.54) is 0 Å². The third-order valence-electron chi connectivity index (χ3n) is 6.01. The number of rotatable bonds is 16. The molecule has 1 aliphatic rings. The number of nitrogens with two attached hydrogens (primary N) is 2. The molecular weight excluding hydrogens is 474 g/mol. The van der Waals surface area contributed by atoms with Crippen molar-refractivity contribution < 1.29 is 34.2 Å². The van der Waals surface area contributed by atoms with E-state index in [0.29, 0.717) is 25.8 Å². The van der Waals surface area contributed by atoms with E-state index < -0.39 is 53.8 Å². The van der Waals surface area contributed by atoms with Crippen molar-refractivity contribution in [2.24, 2.45) is 22.4 Å². The molecule has 204 valence electrons. The molecule has 3 amide bonds. The fourth-order valence-corrected chi connectivity index (χ4v) is 3.70. The first-order chi connectivity index (χ1) is 17.0. The van der Waals surface area contributed by atoms with Crippen LogP contribution in [0.5, 0.6) is 0 Å². The van der Waals surface area contributed by atoms with Crippen LogP contribution in [0, 0.1) is 5.92 Å². The third-order valence-corrected chi connectivity index (χ3v) is 6.01. The van der Waals surface area contributed by atoms with Gasteiger partial charge in [0.2, 0.25) is 17.7 Å². The van der Waals surface area contributed by atoms with Gasteiger partial charge in [-0.1, -0.05) is 20.3 Å². The zero-order valence-corrected chi connectivity index (χ0v) is 20.8. The number of carbonyl (C=O) groups excluding carboxylic acids is 3. The van der Waals surface area contributed by atoms with Crippen molar-refractivity contribution in [3.63, 3.8) is 0 Å². The van der Waals surface area contributed by atoms with E-state index in [2.05, 4.69) is 26.3 Å². The highest BCUT2D eigenvalue weighted by molar-refractivity contribution is 5.94. The van der Waals surface area contributed by atoms with E-state index in [1.54, 1.807) is 13.8 Å². The van der Waals surface area contributed by atoms with Crippen LogP contribution < -0.4 is 32.7 Å². The zero-order chi connectivity index (χ0) is 27.3. The zero-order valence-electron chi connectivity index (χ0n) is 20.8. The van der Waals surface area contributed by atoms with E-state index in [-0.39, 0.29) is 37.7 Å². The molecule has 10 N–H and O–H groups in total. The number of aliphatic carboxylic acids is 2. The highest BCUT2D eigenvalue weighted by Crippen LogP contribution is 2.12. The van der Waals surface area contributed by atoms with Gasteiger partial charge in [-0.2, -0.15) is 0 Å². The fraction of sp³-hybridized carbons (Fsp3) is 0.727. The first-order valence-corrected chi connectivity index (χ1v) is 12.1. The van der Waals surface area contributed by atoms with Gasteiger partial charge in [0.1, 0.15) is 18.1 Å². The van der Waals surface area contributed by atoms with Crippen LogP contribution in [0.4, 0.5) is 0 Å². The summed E-state index contributed by atoms with van der Waals surface area (Å²) in [7, 11) is 0. The minimum absolute atomic E-state index is 0.0602. The van der Waals surface area contributed by atoms with E-state index in [1.807, 2.05) is 0 Å². The van der Waals surface area contributed by atoms with Crippen molar-refractivity contribution in [3.05, 3.63) is 0 Å². The molecule has 14 nitrogen and oxygen atoms in total. The van der Waals surface area contributed by atoms with Crippen molar-refractivity contribution >= 4 is 35.6 Å². The summed E-state index contributed by atoms with van der Waals surface area (Å²) in [5.41, 5.74) is 10.5. The third kappa shape index (κ3) is 10.9. The number of nitrogens with one attached hydrogen (secondary N) is 4. The van der Waals surface area contributed by atoms with Crippen LogP contribution in [-0.2, 0) is 24.0 Å². The topological polar surface area (TPSA) is 238 Å². The predicted octanol–water partition coefficient (Wildman–Crippen LogP) is -1.76. The fourth-order valence-electron chi connectivity index (χ4n) is 3.70. The quantitative estimate of drug-likeness (QED) is 0.0657. The minimum Gasteiger partial charge on any atom is -0.481 e. The monoisotopic (exact) mass is 513 g/mol. The number of nitrogens with zero attached hydrogens (tertiary/aromatic N) is 1. The molecule has 0 saturated carbocycles. The first-order valence-electron chi connectivity index (χ1n) is 12.1. The summed E-state index contributed by atoms with van der Waals surface area (Å²) < 4.78 is 0. The van der Waals surface area contributed by atoms with Gasteiger partial charge in [-0.3, -0.25) is 24.2 Å². The standard InChI is InChI=1S/C22H39N7O7/c1-3-12(2)17(20(34)28-15(21(35)36)7-5-11-26-22(23)24)29-19(33)14(8-9-16(30)31)27-18(32)13-6-4-10-25-13/h12-15,17,25H,3-11H2,1-2H3,(H,27,32)(H,28,34)(H,29,33)(H,30,31)(H,35,36)(H4,23,24,26). The molecule has 1 saturated heterocycles. The number of amides is 3. The summed E-state index contributed by atoms with van der Waals surface area (Å²) in [5, 5.41) is 29.2. The normalized spacial score (nSPS) is 18.2. The van der Waals surface area contributed by atoms with Gasteiger partial charge in [0.25, 0.3) is 0 Å². The summed E-state index contributed by atoms with van der Waals surface area (Å²) in [6.07, 6.45) is 1.70. The summed E-state index contributed by atoms with van der Waals surface area (Å²) in [4.78, 5) is 65.1. The largest absolute Gasteiger partial charge is 0.481 e. The van der Waals surface area contributed by atoms with Gasteiger partial charge < -0.3 is 42.9 Å². The summed E-state index contributed by atoms with van der Waals surface area (Å²) >= 11 is 0. The lowest BCUT2D eigenvalue weighted by Gasteiger charge is -2.28. The number of carboxylic acid groups (broad SMARTS) is 2. The number of hydrogen-bond acceptors (Lipinski definition) is 7. The Morgan fingerprint density at radius 1 is 1.03 bits per heavy atom. The molecule has 5 unspecified atom stereocenters. The Kier molecular flexibility index (Phi) is 13.2. The Balaban J connectivity index is 2.93. The first kappa shape index (κ1) is 30.6. The number of guanidine groups is 1. The highest BCUT2D eigenvalue weighted by atomic mass is 16.4. The van der Waals surface area contributed by atoms with E-state index in [0.717, 1.165) is 6.42 Å². The van der Waals surface area contributed by atoms with E-state index >= 15 is 0 Å². The summed E-state index contributed by atoms with van der Waals surface area (Å²) in [5.74, 6) is -4.74. The smallest absolute Gasteiger partial charge is 0.326 e. The average molecular weight is 514 g/mol. The molecule has 5 atom stereocenters. The Labute approximate surface area is 210 Å². The van der Waals surface area contributed by atoms with Gasteiger partial charge in [-0.25, -0.2) is 4.79 Å². The lowest BCUT2D eigenvalue weighted by molar-refractivity contribution is -0.143. The van der Waals surface area contributed by atoms with Crippen LogP contribution in [0.3, 0.4) is 0 Å². The molecule has 14 heteroatoms. The maximum absolute atomic E-state index is 13.1. The number of aliphatic imine (C=N–C) groups is 1. The molecule has 1 heterocycles. The van der Waals surface area contributed by atoms with Crippen LogP contribution >= 0.6 is 0 Å². The second kappa shape index (κ2) is 15.5. The summed E-state index contributed by atoms with van der Waals surface area (Å²) in [6.45, 7) is 4.37. The molecular formula is C22H39N7O7. The van der Waals surface area contributed by atoms with Gasteiger partial charge in [0.05, 0.1) is 6.04 Å². The van der Waals surface area contributed by atoms with Crippen molar-refractivity contribution in [3.8, 4) is 0 Å². The van der Waals surface area contributed by atoms with Crippen molar-refractivity contribution in [2.45, 2.75) is 83.0 Å². The average Bonchev–Trinajstić information content (AvgIpc) is 3.35. The van der Waals surface area contributed by atoms with Crippen LogP contribution in [0.15, 0.2) is 4.99 Å².